The molecule has 1 atom stereocenters. The Hall–Kier alpha value is -2.12. The second-order valence-corrected chi connectivity index (χ2v) is 4.64. The van der Waals surface area contributed by atoms with Gasteiger partial charge >= 0.3 is 12.0 Å². The largest absolute Gasteiger partial charge is 0.467 e. The minimum atomic E-state index is -0.481. The lowest BCUT2D eigenvalue weighted by molar-refractivity contribution is -0.121. The number of anilines is 1. The number of carbonyl (C=O) groups excluding carboxylic acids is 1. The first-order chi connectivity index (χ1) is 9.46. The second kappa shape index (κ2) is 7.46. The summed E-state index contributed by atoms with van der Waals surface area (Å²) in [5.74, 6) is 0.487. The molecule has 1 aromatic heterocycles. The number of aromatic nitrogens is 3. The van der Waals surface area contributed by atoms with E-state index < -0.39 is 6.04 Å². The fourth-order valence-electron chi connectivity index (χ4n) is 1.30. The number of carbonyl (C=O) groups is 1. The third-order valence-corrected chi connectivity index (χ3v) is 2.38. The van der Waals surface area contributed by atoms with Gasteiger partial charge in [-0.25, -0.2) is 0 Å². The van der Waals surface area contributed by atoms with Crippen molar-refractivity contribution in [3.63, 3.8) is 0 Å². The lowest BCUT2D eigenvalue weighted by atomic mass is 10.2. The molecule has 0 aliphatic heterocycles. The van der Waals surface area contributed by atoms with E-state index in [1.165, 1.54) is 14.2 Å². The minimum absolute atomic E-state index is 0.120. The van der Waals surface area contributed by atoms with Gasteiger partial charge in [0.1, 0.15) is 6.04 Å². The van der Waals surface area contributed by atoms with Crippen molar-refractivity contribution in [2.24, 2.45) is 5.92 Å². The number of nitrogens with zero attached hydrogens (tertiary/aromatic N) is 3. The third kappa shape index (κ3) is 4.87. The van der Waals surface area contributed by atoms with Crippen molar-refractivity contribution in [2.75, 3.05) is 26.1 Å². The number of hydrogen-bond donors (Lipinski definition) is 2. The summed E-state index contributed by atoms with van der Waals surface area (Å²) in [7, 11) is 2.88. The Bertz CT molecular complexity index is 430. The zero-order valence-corrected chi connectivity index (χ0v) is 12.4. The summed E-state index contributed by atoms with van der Waals surface area (Å²) in [6.45, 7) is 6.40. The Morgan fingerprint density at radius 3 is 2.10 bits per heavy atom. The highest BCUT2D eigenvalue weighted by atomic mass is 16.5. The van der Waals surface area contributed by atoms with E-state index in [0.29, 0.717) is 12.5 Å². The monoisotopic (exact) mass is 283 g/mol. The molecule has 0 saturated heterocycles. The Morgan fingerprint density at radius 1 is 1.10 bits per heavy atom. The first-order valence-electron chi connectivity index (χ1n) is 6.34. The van der Waals surface area contributed by atoms with Crippen molar-refractivity contribution < 1.29 is 14.3 Å². The van der Waals surface area contributed by atoms with Crippen LogP contribution in [0.5, 0.6) is 12.0 Å². The topological polar surface area (TPSA) is 98.3 Å². The smallest absolute Gasteiger partial charge is 0.324 e. The van der Waals surface area contributed by atoms with Crippen molar-refractivity contribution in [1.29, 1.82) is 0 Å². The molecule has 0 aliphatic carbocycles. The van der Waals surface area contributed by atoms with Crippen LogP contribution < -0.4 is 20.1 Å². The summed E-state index contributed by atoms with van der Waals surface area (Å²) >= 11 is 0. The molecule has 0 aromatic carbocycles. The zero-order valence-electron chi connectivity index (χ0n) is 12.4. The lowest BCUT2D eigenvalue weighted by Gasteiger charge is -2.15. The van der Waals surface area contributed by atoms with Crippen molar-refractivity contribution >= 4 is 11.9 Å². The van der Waals surface area contributed by atoms with Crippen LogP contribution in [-0.4, -0.2) is 47.7 Å². The fourth-order valence-corrected chi connectivity index (χ4v) is 1.30. The molecule has 0 aliphatic rings. The number of ether oxygens (including phenoxy) is 2. The number of hydrogen-bond acceptors (Lipinski definition) is 7. The first kappa shape index (κ1) is 15.9. The summed E-state index contributed by atoms with van der Waals surface area (Å²) in [6.07, 6.45) is 0. The molecule has 0 bridgehead atoms. The average Bonchev–Trinajstić information content (AvgIpc) is 2.43. The van der Waals surface area contributed by atoms with E-state index in [-0.39, 0.29) is 23.9 Å². The van der Waals surface area contributed by atoms with Gasteiger partial charge < -0.3 is 20.1 Å². The summed E-state index contributed by atoms with van der Waals surface area (Å²) in [5.41, 5.74) is 0. The van der Waals surface area contributed by atoms with Crippen molar-refractivity contribution in [3.8, 4) is 12.0 Å². The molecule has 112 valence electrons. The van der Waals surface area contributed by atoms with Crippen LogP contribution in [-0.2, 0) is 4.79 Å². The van der Waals surface area contributed by atoms with Crippen molar-refractivity contribution in [1.82, 2.24) is 20.3 Å². The zero-order chi connectivity index (χ0) is 15.1. The second-order valence-electron chi connectivity index (χ2n) is 4.64. The first-order valence-corrected chi connectivity index (χ1v) is 6.34. The van der Waals surface area contributed by atoms with Crippen LogP contribution in [0.25, 0.3) is 0 Å². The molecule has 8 heteroatoms. The molecule has 1 amide bonds. The lowest BCUT2D eigenvalue weighted by Crippen LogP contribution is -2.39. The predicted molar refractivity (Wildman–Crippen MR) is 73.9 cm³/mol. The van der Waals surface area contributed by atoms with Gasteiger partial charge in [-0.15, -0.1) is 4.98 Å². The van der Waals surface area contributed by atoms with E-state index in [9.17, 15) is 4.79 Å². The highest BCUT2D eigenvalue weighted by molar-refractivity contribution is 5.83. The van der Waals surface area contributed by atoms with E-state index in [2.05, 4.69) is 25.6 Å². The predicted octanol–water partition coefficient (Wildman–Crippen LogP) is 0.461. The quantitative estimate of drug-likeness (QED) is 0.750. The molecule has 1 heterocycles. The van der Waals surface area contributed by atoms with Gasteiger partial charge in [-0.1, -0.05) is 13.8 Å². The number of nitrogens with one attached hydrogen (secondary N) is 2. The Labute approximate surface area is 118 Å². The molecule has 1 aromatic rings. The van der Waals surface area contributed by atoms with Gasteiger partial charge in [-0.3, -0.25) is 4.79 Å². The SMILES string of the molecule is COc1nc(NC(C)C(=O)NCC(C)C)nc(OC)n1. The number of amides is 1. The van der Waals surface area contributed by atoms with Crippen LogP contribution in [0.2, 0.25) is 0 Å². The number of rotatable bonds is 7. The molecule has 0 radical (unpaired) electrons. The molecule has 1 rings (SSSR count). The van der Waals surface area contributed by atoms with Crippen LogP contribution in [0.1, 0.15) is 20.8 Å². The molecule has 0 fully saturated rings. The minimum Gasteiger partial charge on any atom is -0.467 e. The van der Waals surface area contributed by atoms with Crippen LogP contribution >= 0.6 is 0 Å². The Morgan fingerprint density at radius 2 is 1.65 bits per heavy atom. The molecule has 0 saturated carbocycles. The summed E-state index contributed by atoms with van der Waals surface area (Å²) < 4.78 is 9.87. The molecule has 8 nitrogen and oxygen atoms in total. The van der Waals surface area contributed by atoms with Gasteiger partial charge in [0.15, 0.2) is 0 Å². The van der Waals surface area contributed by atoms with E-state index in [1.54, 1.807) is 6.92 Å². The molecular formula is C12H21N5O3. The maximum absolute atomic E-state index is 11.9. The molecular weight excluding hydrogens is 262 g/mol. The summed E-state index contributed by atoms with van der Waals surface area (Å²) in [6, 6.07) is -0.242. The Balaban J connectivity index is 2.69. The van der Waals surface area contributed by atoms with Gasteiger partial charge in [0.2, 0.25) is 11.9 Å². The van der Waals surface area contributed by atoms with Crippen LogP contribution in [0, 0.1) is 5.92 Å². The van der Waals surface area contributed by atoms with Gasteiger partial charge in [-0.05, 0) is 12.8 Å². The normalized spacial score (nSPS) is 11.9. The summed E-state index contributed by atoms with van der Waals surface area (Å²) in [4.78, 5) is 23.7. The fraction of sp³-hybridized carbons (Fsp3) is 0.667. The van der Waals surface area contributed by atoms with Gasteiger partial charge in [0.05, 0.1) is 14.2 Å². The van der Waals surface area contributed by atoms with Gasteiger partial charge in [0, 0.05) is 6.54 Å². The van der Waals surface area contributed by atoms with Gasteiger partial charge in [0.25, 0.3) is 0 Å². The van der Waals surface area contributed by atoms with Crippen molar-refractivity contribution in [2.45, 2.75) is 26.8 Å². The van der Waals surface area contributed by atoms with Crippen LogP contribution in [0.3, 0.4) is 0 Å². The van der Waals surface area contributed by atoms with Crippen molar-refractivity contribution in [3.05, 3.63) is 0 Å². The van der Waals surface area contributed by atoms with Crippen LogP contribution in [0.4, 0.5) is 5.95 Å². The van der Waals surface area contributed by atoms with E-state index in [4.69, 9.17) is 9.47 Å². The maximum atomic E-state index is 11.9. The molecule has 0 spiro atoms. The molecule has 1 unspecified atom stereocenters. The standard InChI is InChI=1S/C12H21N5O3/c1-7(2)6-13-9(18)8(3)14-10-15-11(19-4)17-12(16-10)20-5/h7-8H,6H2,1-5H3,(H,13,18)(H,14,15,16,17). The third-order valence-electron chi connectivity index (χ3n) is 2.38. The molecule has 2 N–H and O–H groups in total. The summed E-state index contributed by atoms with van der Waals surface area (Å²) in [5, 5.41) is 5.70. The van der Waals surface area contributed by atoms with E-state index >= 15 is 0 Å². The molecule has 20 heavy (non-hydrogen) atoms. The average molecular weight is 283 g/mol. The highest BCUT2D eigenvalue weighted by Gasteiger charge is 2.15. The highest BCUT2D eigenvalue weighted by Crippen LogP contribution is 2.12. The van der Waals surface area contributed by atoms with Crippen LogP contribution in [0.15, 0.2) is 0 Å². The van der Waals surface area contributed by atoms with E-state index in [1.807, 2.05) is 13.8 Å². The number of methoxy groups -OCH3 is 2. The maximum Gasteiger partial charge on any atom is 0.324 e. The van der Waals surface area contributed by atoms with E-state index in [0.717, 1.165) is 0 Å². The van der Waals surface area contributed by atoms with Gasteiger partial charge in [-0.2, -0.15) is 9.97 Å². The Kier molecular flexibility index (Phi) is 5.95.